The molecule has 160 valence electrons. The number of ether oxygens (including phenoxy) is 3. The minimum atomic E-state index is -0.829. The summed E-state index contributed by atoms with van der Waals surface area (Å²) in [5.74, 6) is -1.25. The van der Waals surface area contributed by atoms with Crippen LogP contribution in [0.1, 0.15) is 46.0 Å². The lowest BCUT2D eigenvalue weighted by Gasteiger charge is -2.58. The summed E-state index contributed by atoms with van der Waals surface area (Å²) in [6.07, 6.45) is 2.20. The molecule has 7 nitrogen and oxygen atoms in total. The maximum atomic E-state index is 13.1. The van der Waals surface area contributed by atoms with Crippen molar-refractivity contribution in [1.29, 1.82) is 0 Å². The van der Waals surface area contributed by atoms with Crippen LogP contribution in [-0.4, -0.2) is 56.5 Å². The van der Waals surface area contributed by atoms with Gasteiger partial charge in [-0.25, -0.2) is 0 Å². The van der Waals surface area contributed by atoms with Gasteiger partial charge >= 0.3 is 11.9 Å². The molecule has 1 heterocycles. The van der Waals surface area contributed by atoms with Crippen molar-refractivity contribution in [2.45, 2.75) is 75.7 Å². The van der Waals surface area contributed by atoms with Crippen LogP contribution in [0, 0.1) is 17.8 Å². The van der Waals surface area contributed by atoms with Crippen LogP contribution in [0.5, 0.6) is 0 Å². The number of ketones is 1. The Morgan fingerprint density at radius 2 is 2.10 bits per heavy atom. The first-order chi connectivity index (χ1) is 13.7. The normalized spacial score (nSPS) is 41.6. The molecule has 2 saturated carbocycles. The quantitative estimate of drug-likeness (QED) is 0.413. The zero-order valence-corrected chi connectivity index (χ0v) is 17.6. The van der Waals surface area contributed by atoms with Gasteiger partial charge in [0.1, 0.15) is 25.8 Å². The maximum Gasteiger partial charge on any atom is 0.307 e. The number of rotatable bonds is 5. The van der Waals surface area contributed by atoms with Crippen LogP contribution >= 0.6 is 0 Å². The van der Waals surface area contributed by atoms with Gasteiger partial charge in [-0.15, -0.1) is 6.58 Å². The van der Waals surface area contributed by atoms with Gasteiger partial charge in [0.2, 0.25) is 0 Å². The second-order valence-electron chi connectivity index (χ2n) is 9.21. The highest BCUT2D eigenvalue weighted by atomic mass is 16.6. The van der Waals surface area contributed by atoms with E-state index in [0.29, 0.717) is 0 Å². The number of Topliss-reactive ketones (excluding diaryl/α,β-unsaturated/α-hetero) is 1. The number of nitrogens with two attached hydrogens (primary N) is 1. The molecule has 2 aliphatic carbocycles. The molecular weight excluding hydrogens is 373 g/mol. The lowest BCUT2D eigenvalue weighted by molar-refractivity contribution is -0.233. The molecule has 0 aromatic carbocycles. The van der Waals surface area contributed by atoms with Gasteiger partial charge in [0.15, 0.2) is 6.10 Å². The molecule has 8 atom stereocenters. The van der Waals surface area contributed by atoms with E-state index in [9.17, 15) is 14.4 Å². The maximum absolute atomic E-state index is 13.1. The monoisotopic (exact) mass is 405 g/mol. The van der Waals surface area contributed by atoms with Crippen LogP contribution in [0.2, 0.25) is 5.31 Å². The van der Waals surface area contributed by atoms with E-state index in [2.05, 4.69) is 21.3 Å². The molecule has 3 aliphatic rings. The van der Waals surface area contributed by atoms with Crippen molar-refractivity contribution in [3.05, 3.63) is 12.7 Å². The molecule has 0 radical (unpaired) electrons. The van der Waals surface area contributed by atoms with Crippen molar-refractivity contribution in [2.75, 3.05) is 6.54 Å². The standard InChI is InChI=1S/C21H32BNO6/c1-4-12-10-14(25)16-13-6-5-8-21(3,22)17(13)19(29-15(26)7-9-23)20(18(16)28-12)27-11(2)24/h4,12-13,16-20H,1,5-10,22-23H2,2-3H3/t12-,13+,16?,17?,18-,19-,20+,21?/m0/s1. The third-order valence-corrected chi connectivity index (χ3v) is 6.83. The SMILES string of the molecule is BC1(C)CCC[C@@H]2C3C(=O)C[C@H](C=C)O[C@@H]3[C@@H](OC(C)=O)[C@@H](OC(=O)CCN)C21. The van der Waals surface area contributed by atoms with Crippen molar-refractivity contribution in [3.63, 3.8) is 0 Å². The van der Waals surface area contributed by atoms with Gasteiger partial charge in [-0.05, 0) is 12.3 Å². The fourth-order valence-electron chi connectivity index (χ4n) is 5.75. The Labute approximate surface area is 173 Å². The Bertz CT molecular complexity index is 680. The predicted octanol–water partition coefficient (Wildman–Crippen LogP) is 0.949. The summed E-state index contributed by atoms with van der Waals surface area (Å²) in [6.45, 7) is 7.40. The number of fused-ring (bicyclic) bond motifs is 3. The van der Waals surface area contributed by atoms with Crippen molar-refractivity contribution in [2.24, 2.45) is 23.5 Å². The summed E-state index contributed by atoms with van der Waals surface area (Å²) in [6, 6.07) is 0. The minimum Gasteiger partial charge on any atom is -0.458 e. The topological polar surface area (TPSA) is 105 Å². The lowest BCUT2D eigenvalue weighted by atomic mass is 9.46. The van der Waals surface area contributed by atoms with Gasteiger partial charge < -0.3 is 19.9 Å². The second kappa shape index (κ2) is 8.60. The Morgan fingerprint density at radius 1 is 1.38 bits per heavy atom. The number of carbonyl (C=O) groups excluding carboxylic acids is 3. The third kappa shape index (κ3) is 4.28. The summed E-state index contributed by atoms with van der Waals surface area (Å²) in [4.78, 5) is 37.5. The molecule has 3 rings (SSSR count). The van der Waals surface area contributed by atoms with Crippen LogP contribution in [-0.2, 0) is 28.6 Å². The Kier molecular flexibility index (Phi) is 6.53. The second-order valence-corrected chi connectivity index (χ2v) is 9.21. The Morgan fingerprint density at radius 3 is 2.72 bits per heavy atom. The fraction of sp³-hybridized carbons (Fsp3) is 0.762. The van der Waals surface area contributed by atoms with Crippen LogP contribution < -0.4 is 5.73 Å². The first-order valence-electron chi connectivity index (χ1n) is 10.6. The summed E-state index contributed by atoms with van der Waals surface area (Å²) in [7, 11) is 2.14. The lowest BCUT2D eigenvalue weighted by Crippen LogP contribution is -2.66. The van der Waals surface area contributed by atoms with E-state index in [4.69, 9.17) is 19.9 Å². The Hall–Kier alpha value is -1.67. The van der Waals surface area contributed by atoms with E-state index < -0.39 is 36.4 Å². The van der Waals surface area contributed by atoms with Crippen molar-refractivity contribution < 1.29 is 28.6 Å². The first-order valence-corrected chi connectivity index (χ1v) is 10.6. The first kappa shape index (κ1) is 22.0. The smallest absolute Gasteiger partial charge is 0.307 e. The van der Waals surface area contributed by atoms with Crippen molar-refractivity contribution >= 4 is 25.6 Å². The van der Waals surface area contributed by atoms with Crippen LogP contribution in [0.15, 0.2) is 12.7 Å². The molecule has 0 aromatic heterocycles. The van der Waals surface area contributed by atoms with E-state index in [-0.39, 0.29) is 48.2 Å². The van der Waals surface area contributed by atoms with E-state index in [1.54, 1.807) is 6.08 Å². The molecule has 2 N–H and O–H groups in total. The predicted molar refractivity (Wildman–Crippen MR) is 109 cm³/mol. The summed E-state index contributed by atoms with van der Waals surface area (Å²) < 4.78 is 17.7. The van der Waals surface area contributed by atoms with Crippen molar-refractivity contribution in [1.82, 2.24) is 0 Å². The highest BCUT2D eigenvalue weighted by Gasteiger charge is 2.62. The molecule has 3 unspecified atom stereocenters. The zero-order valence-electron chi connectivity index (χ0n) is 17.6. The molecule has 0 amide bonds. The van der Waals surface area contributed by atoms with Gasteiger partial charge in [-0.2, -0.15) is 0 Å². The molecular formula is C21H32BNO6. The molecule has 1 aliphatic heterocycles. The van der Waals surface area contributed by atoms with Gasteiger partial charge in [-0.3, -0.25) is 14.4 Å². The van der Waals surface area contributed by atoms with Crippen LogP contribution in [0.25, 0.3) is 0 Å². The third-order valence-electron chi connectivity index (χ3n) is 6.83. The summed E-state index contributed by atoms with van der Waals surface area (Å²) >= 11 is 0. The minimum absolute atomic E-state index is 0.0181. The highest BCUT2D eigenvalue weighted by Crippen LogP contribution is 2.58. The number of hydrogen-bond acceptors (Lipinski definition) is 7. The number of hydrogen-bond donors (Lipinski definition) is 1. The average Bonchev–Trinajstić information content (AvgIpc) is 2.63. The van der Waals surface area contributed by atoms with E-state index >= 15 is 0 Å². The number of carbonyl (C=O) groups is 3. The fourth-order valence-corrected chi connectivity index (χ4v) is 5.75. The molecule has 0 bridgehead atoms. The molecule has 3 fully saturated rings. The number of esters is 2. The van der Waals surface area contributed by atoms with Crippen LogP contribution in [0.4, 0.5) is 0 Å². The van der Waals surface area contributed by atoms with Crippen LogP contribution in [0.3, 0.4) is 0 Å². The van der Waals surface area contributed by atoms with Gasteiger partial charge in [0, 0.05) is 25.8 Å². The van der Waals surface area contributed by atoms with E-state index in [0.717, 1.165) is 19.3 Å². The summed E-state index contributed by atoms with van der Waals surface area (Å²) in [5, 5.41) is -0.171. The largest absolute Gasteiger partial charge is 0.458 e. The average molecular weight is 405 g/mol. The van der Waals surface area contributed by atoms with Gasteiger partial charge in [0.05, 0.1) is 18.4 Å². The zero-order chi connectivity index (χ0) is 21.3. The van der Waals surface area contributed by atoms with E-state index in [1.807, 2.05) is 0 Å². The molecule has 0 spiro atoms. The van der Waals surface area contributed by atoms with Crippen molar-refractivity contribution in [3.8, 4) is 0 Å². The Balaban J connectivity index is 2.05. The highest BCUT2D eigenvalue weighted by molar-refractivity contribution is 6.15. The molecule has 8 heteroatoms. The molecule has 1 saturated heterocycles. The molecule has 0 aromatic rings. The summed E-state index contributed by atoms with van der Waals surface area (Å²) in [5.41, 5.74) is 5.53. The van der Waals surface area contributed by atoms with E-state index in [1.165, 1.54) is 6.92 Å². The van der Waals surface area contributed by atoms with Gasteiger partial charge in [-0.1, -0.05) is 31.2 Å². The molecule has 29 heavy (non-hydrogen) atoms. The van der Waals surface area contributed by atoms with Gasteiger partial charge in [0.25, 0.3) is 0 Å².